The van der Waals surface area contributed by atoms with Gasteiger partial charge in [0.25, 0.3) is 0 Å². The third kappa shape index (κ3) is 2.13. The van der Waals surface area contributed by atoms with Crippen LogP contribution in [0.15, 0.2) is 78.9 Å². The number of hydrogen-bond donors (Lipinski definition) is 0. The van der Waals surface area contributed by atoms with Crippen molar-refractivity contribution in [3.63, 3.8) is 0 Å². The summed E-state index contributed by atoms with van der Waals surface area (Å²) in [5.41, 5.74) is 3.82. The smallest absolute Gasteiger partial charge is 0.338 e. The maximum atomic E-state index is 12.7. The van der Waals surface area contributed by atoms with Crippen LogP contribution >= 0.6 is 0 Å². The van der Waals surface area contributed by atoms with Gasteiger partial charge in [0, 0.05) is 22.9 Å². The number of para-hydroxylation sites is 1. The van der Waals surface area contributed by atoms with Crippen LogP contribution in [-0.4, -0.2) is 12.6 Å². The highest BCUT2D eigenvalue weighted by Crippen LogP contribution is 2.35. The molecule has 3 nitrogen and oxygen atoms in total. The highest BCUT2D eigenvalue weighted by atomic mass is 16.5. The molecule has 0 atom stereocenters. The molecule has 0 N–H and O–H groups in total. The quantitative estimate of drug-likeness (QED) is 0.169. The lowest BCUT2D eigenvalue weighted by Crippen LogP contribution is -2.27. The SMILES string of the molecule is CCOC(=O)c1cc2c3ccccc3c3cccc4c5ccccc5c(c1)[n+]2c34. The average molecular weight is 376 g/mol. The van der Waals surface area contributed by atoms with Crippen LogP contribution in [0.2, 0.25) is 0 Å². The van der Waals surface area contributed by atoms with Crippen molar-refractivity contribution < 1.29 is 13.9 Å². The second-order valence-electron chi connectivity index (χ2n) is 7.36. The van der Waals surface area contributed by atoms with E-state index < -0.39 is 0 Å². The molecule has 3 aromatic heterocycles. The Kier molecular flexibility index (Phi) is 3.30. The third-order valence-electron chi connectivity index (χ3n) is 5.82. The second-order valence-corrected chi connectivity index (χ2v) is 7.36. The van der Waals surface area contributed by atoms with Crippen molar-refractivity contribution in [1.29, 1.82) is 0 Å². The van der Waals surface area contributed by atoms with Crippen molar-refractivity contribution in [3.8, 4) is 0 Å². The van der Waals surface area contributed by atoms with Gasteiger partial charge in [-0.2, -0.15) is 4.40 Å². The van der Waals surface area contributed by atoms with E-state index in [1.165, 1.54) is 27.1 Å². The van der Waals surface area contributed by atoms with Gasteiger partial charge in [0.05, 0.1) is 33.7 Å². The van der Waals surface area contributed by atoms with E-state index >= 15 is 0 Å². The zero-order chi connectivity index (χ0) is 19.5. The van der Waals surface area contributed by atoms with E-state index in [0.29, 0.717) is 12.2 Å². The van der Waals surface area contributed by atoms with E-state index in [-0.39, 0.29) is 5.97 Å². The first-order valence-corrected chi connectivity index (χ1v) is 9.88. The van der Waals surface area contributed by atoms with E-state index in [9.17, 15) is 4.79 Å². The molecule has 0 aliphatic heterocycles. The molecule has 0 fully saturated rings. The maximum Gasteiger partial charge on any atom is 0.338 e. The number of hydrogen-bond acceptors (Lipinski definition) is 2. The van der Waals surface area contributed by atoms with Crippen LogP contribution < -0.4 is 4.40 Å². The topological polar surface area (TPSA) is 30.4 Å². The summed E-state index contributed by atoms with van der Waals surface area (Å²) in [6, 6.07) is 27.2. The summed E-state index contributed by atoms with van der Waals surface area (Å²) in [5, 5.41) is 7.07. The number of esters is 1. The van der Waals surface area contributed by atoms with Crippen molar-refractivity contribution in [2.24, 2.45) is 0 Å². The highest BCUT2D eigenvalue weighted by Gasteiger charge is 2.26. The number of benzene rings is 3. The molecular formula is C26H18NO2+. The van der Waals surface area contributed by atoms with Crippen molar-refractivity contribution in [3.05, 3.63) is 84.4 Å². The van der Waals surface area contributed by atoms with Crippen molar-refractivity contribution in [2.75, 3.05) is 6.61 Å². The number of aromatic nitrogens is 1. The van der Waals surface area contributed by atoms with E-state index in [4.69, 9.17) is 4.74 Å². The summed E-state index contributed by atoms with van der Waals surface area (Å²) in [4.78, 5) is 12.7. The molecule has 0 saturated carbocycles. The van der Waals surface area contributed by atoms with Gasteiger partial charge in [0.1, 0.15) is 0 Å². The molecule has 6 rings (SSSR count). The van der Waals surface area contributed by atoms with Crippen molar-refractivity contribution in [1.82, 2.24) is 0 Å². The lowest BCUT2D eigenvalue weighted by molar-refractivity contribution is -0.448. The number of rotatable bonds is 2. The normalized spacial score (nSPS) is 11.9. The van der Waals surface area contributed by atoms with E-state index in [0.717, 1.165) is 21.8 Å². The molecule has 0 unspecified atom stereocenters. The largest absolute Gasteiger partial charge is 0.462 e. The Morgan fingerprint density at radius 1 is 0.724 bits per heavy atom. The Bertz CT molecular complexity index is 1480. The van der Waals surface area contributed by atoms with Gasteiger partial charge in [0.15, 0.2) is 0 Å². The zero-order valence-electron chi connectivity index (χ0n) is 16.0. The zero-order valence-corrected chi connectivity index (χ0v) is 16.0. The Morgan fingerprint density at radius 2 is 1.21 bits per heavy atom. The first-order chi connectivity index (χ1) is 14.3. The van der Waals surface area contributed by atoms with Crippen LogP contribution in [0.1, 0.15) is 17.3 Å². The summed E-state index contributed by atoms with van der Waals surface area (Å²) in [5.74, 6) is -0.285. The number of ether oxygens (including phenoxy) is 1. The van der Waals surface area contributed by atoms with Crippen LogP contribution in [0.4, 0.5) is 0 Å². The molecule has 6 aromatic rings. The van der Waals surface area contributed by atoms with Crippen LogP contribution in [0, 0.1) is 0 Å². The number of fused-ring (bicyclic) bond motifs is 6. The maximum absolute atomic E-state index is 12.7. The van der Waals surface area contributed by atoms with E-state index in [2.05, 4.69) is 71.1 Å². The minimum absolute atomic E-state index is 0.285. The fraction of sp³-hybridized carbons (Fsp3) is 0.0769. The van der Waals surface area contributed by atoms with Gasteiger partial charge in [-0.1, -0.05) is 42.5 Å². The van der Waals surface area contributed by atoms with Crippen LogP contribution in [0.3, 0.4) is 0 Å². The van der Waals surface area contributed by atoms with E-state index in [1.807, 2.05) is 19.1 Å². The Balaban J connectivity index is 1.98. The summed E-state index contributed by atoms with van der Waals surface area (Å²) in [6.45, 7) is 2.20. The first-order valence-electron chi connectivity index (χ1n) is 9.88. The van der Waals surface area contributed by atoms with Gasteiger partial charge >= 0.3 is 5.97 Å². The predicted octanol–water partition coefficient (Wildman–Crippen LogP) is 5.65. The molecule has 0 spiro atoms. The molecule has 0 amide bonds. The molecule has 0 aliphatic rings. The van der Waals surface area contributed by atoms with Gasteiger partial charge in [-0.25, -0.2) is 4.79 Å². The Labute approximate surface area is 167 Å². The molecule has 3 aromatic carbocycles. The lowest BCUT2D eigenvalue weighted by atomic mass is 9.96. The van der Waals surface area contributed by atoms with Crippen molar-refractivity contribution in [2.45, 2.75) is 6.92 Å². The molecule has 138 valence electrons. The third-order valence-corrected chi connectivity index (χ3v) is 5.82. The highest BCUT2D eigenvalue weighted by molar-refractivity contribution is 6.21. The number of pyridine rings is 3. The predicted molar refractivity (Wildman–Crippen MR) is 117 cm³/mol. The van der Waals surface area contributed by atoms with Gasteiger partial charge in [-0.15, -0.1) is 0 Å². The monoisotopic (exact) mass is 376 g/mol. The molecule has 0 aliphatic carbocycles. The minimum atomic E-state index is -0.285. The Morgan fingerprint density at radius 3 is 1.72 bits per heavy atom. The Hall–Kier alpha value is -3.72. The van der Waals surface area contributed by atoms with Crippen LogP contribution in [0.25, 0.3) is 48.9 Å². The number of carbonyl (C=O) groups excluding carboxylic acids is 1. The molecule has 3 heteroatoms. The van der Waals surface area contributed by atoms with Crippen LogP contribution in [0.5, 0.6) is 0 Å². The van der Waals surface area contributed by atoms with Gasteiger partial charge in [-0.3, -0.25) is 0 Å². The average Bonchev–Trinajstić information content (AvgIpc) is 2.78. The molecular weight excluding hydrogens is 358 g/mol. The fourth-order valence-corrected chi connectivity index (χ4v) is 4.67. The summed E-state index contributed by atoms with van der Waals surface area (Å²) >= 11 is 0. The number of carbonyl (C=O) groups is 1. The second kappa shape index (κ2) is 5.89. The van der Waals surface area contributed by atoms with Gasteiger partial charge in [-0.05, 0) is 31.2 Å². The first kappa shape index (κ1) is 16.3. The fourth-order valence-electron chi connectivity index (χ4n) is 4.67. The standard InChI is InChI=1S/C26H18NO2/c1-2-29-26(28)16-14-23-19-10-5-3-8-17(19)21-12-7-13-22-18-9-4-6-11-20(18)24(15-16)27(23)25(21)22/h3-15H,2H2,1H3/q+1. The molecule has 0 bridgehead atoms. The van der Waals surface area contributed by atoms with Crippen molar-refractivity contribution >= 4 is 54.8 Å². The molecule has 0 radical (unpaired) electrons. The summed E-state index contributed by atoms with van der Waals surface area (Å²) in [7, 11) is 0. The lowest BCUT2D eigenvalue weighted by Gasteiger charge is -2.12. The number of nitrogens with zero attached hydrogens (tertiary/aromatic N) is 1. The minimum Gasteiger partial charge on any atom is -0.462 e. The summed E-state index contributed by atoms with van der Waals surface area (Å²) in [6.07, 6.45) is 0. The van der Waals surface area contributed by atoms with E-state index in [1.54, 1.807) is 0 Å². The van der Waals surface area contributed by atoms with Gasteiger partial charge < -0.3 is 4.74 Å². The molecule has 0 saturated heterocycles. The summed E-state index contributed by atoms with van der Waals surface area (Å²) < 4.78 is 7.63. The van der Waals surface area contributed by atoms with Gasteiger partial charge in [0.2, 0.25) is 16.6 Å². The molecule has 3 heterocycles. The van der Waals surface area contributed by atoms with Crippen LogP contribution in [-0.2, 0) is 4.74 Å². The molecule has 29 heavy (non-hydrogen) atoms.